The van der Waals surface area contributed by atoms with E-state index in [1.165, 1.54) is 30.1 Å². The first-order chi connectivity index (χ1) is 8.91. The van der Waals surface area contributed by atoms with Crippen molar-refractivity contribution < 1.29 is 19.6 Å². The summed E-state index contributed by atoms with van der Waals surface area (Å²) in [5, 5.41) is 19.9. The number of benzene rings is 1. The van der Waals surface area contributed by atoms with E-state index in [-0.39, 0.29) is 18.0 Å². The third kappa shape index (κ3) is 2.26. The molecule has 100 valence electrons. The first-order valence-corrected chi connectivity index (χ1v) is 5.64. The first-order valence-electron chi connectivity index (χ1n) is 5.64. The Labute approximate surface area is 108 Å². The number of nitro benzene ring substituents is 1. The molecule has 0 aliphatic carbocycles. The smallest absolute Gasteiger partial charge is 0.309 e. The van der Waals surface area contributed by atoms with E-state index >= 15 is 0 Å². The van der Waals surface area contributed by atoms with Gasteiger partial charge < -0.3 is 10.0 Å². The number of rotatable bonds is 3. The number of carboxylic acids is 1. The molecule has 1 fully saturated rings. The summed E-state index contributed by atoms with van der Waals surface area (Å²) in [6.45, 7) is 0. The Kier molecular flexibility index (Phi) is 3.20. The minimum Gasteiger partial charge on any atom is -0.481 e. The fourth-order valence-electron chi connectivity index (χ4n) is 2.37. The number of carboxylic acid groups (broad SMARTS) is 1. The lowest BCUT2D eigenvalue weighted by Crippen LogP contribution is -2.26. The predicted octanol–water partition coefficient (Wildman–Crippen LogP) is 1.20. The molecular weight excluding hydrogens is 252 g/mol. The molecule has 0 aromatic heterocycles. The maximum atomic E-state index is 11.6. The number of aliphatic carboxylic acids is 1. The first kappa shape index (κ1) is 13.0. The number of non-ortho nitro benzene ring substituents is 1. The number of carbonyl (C=O) groups excluding carboxylic acids is 1. The third-order valence-corrected chi connectivity index (χ3v) is 3.33. The van der Waals surface area contributed by atoms with Gasteiger partial charge in [-0.2, -0.15) is 0 Å². The van der Waals surface area contributed by atoms with Crippen molar-refractivity contribution >= 4 is 17.6 Å². The lowest BCUT2D eigenvalue weighted by molar-refractivity contribution is -0.385. The van der Waals surface area contributed by atoms with Crippen LogP contribution < -0.4 is 0 Å². The molecule has 1 heterocycles. The van der Waals surface area contributed by atoms with Gasteiger partial charge in [-0.25, -0.2) is 0 Å². The largest absolute Gasteiger partial charge is 0.481 e. The molecule has 0 saturated carbocycles. The van der Waals surface area contributed by atoms with Crippen molar-refractivity contribution in [3.63, 3.8) is 0 Å². The van der Waals surface area contributed by atoms with Crippen LogP contribution in [0.1, 0.15) is 18.0 Å². The zero-order valence-corrected chi connectivity index (χ0v) is 10.1. The quantitative estimate of drug-likeness (QED) is 0.653. The average Bonchev–Trinajstić information content (AvgIpc) is 2.66. The van der Waals surface area contributed by atoms with Gasteiger partial charge in [0, 0.05) is 25.6 Å². The zero-order chi connectivity index (χ0) is 14.2. The van der Waals surface area contributed by atoms with Gasteiger partial charge >= 0.3 is 5.97 Å². The molecule has 19 heavy (non-hydrogen) atoms. The van der Waals surface area contributed by atoms with Crippen LogP contribution >= 0.6 is 0 Å². The molecule has 2 unspecified atom stereocenters. The fourth-order valence-corrected chi connectivity index (χ4v) is 2.37. The van der Waals surface area contributed by atoms with Crippen LogP contribution in [0.4, 0.5) is 5.69 Å². The molecule has 0 spiro atoms. The lowest BCUT2D eigenvalue weighted by Gasteiger charge is -2.23. The molecule has 1 aliphatic rings. The Morgan fingerprint density at radius 1 is 1.53 bits per heavy atom. The van der Waals surface area contributed by atoms with Crippen molar-refractivity contribution in [1.82, 2.24) is 4.90 Å². The van der Waals surface area contributed by atoms with Gasteiger partial charge in [0.15, 0.2) is 0 Å². The van der Waals surface area contributed by atoms with Crippen LogP contribution in [0.2, 0.25) is 0 Å². The van der Waals surface area contributed by atoms with Crippen molar-refractivity contribution in [2.24, 2.45) is 5.92 Å². The Morgan fingerprint density at radius 2 is 2.21 bits per heavy atom. The summed E-state index contributed by atoms with van der Waals surface area (Å²) in [5.41, 5.74) is 0.351. The summed E-state index contributed by atoms with van der Waals surface area (Å²) < 4.78 is 0. The second kappa shape index (κ2) is 4.68. The molecule has 0 radical (unpaired) electrons. The molecule has 1 aliphatic heterocycles. The van der Waals surface area contributed by atoms with Crippen LogP contribution in [0, 0.1) is 16.0 Å². The summed E-state index contributed by atoms with van der Waals surface area (Å²) in [6.07, 6.45) is -0.0841. The molecule has 2 atom stereocenters. The second-order valence-electron chi connectivity index (χ2n) is 4.45. The molecular formula is C12H12N2O5. The van der Waals surface area contributed by atoms with E-state index in [0.717, 1.165) is 0 Å². The third-order valence-electron chi connectivity index (χ3n) is 3.33. The van der Waals surface area contributed by atoms with E-state index in [4.69, 9.17) is 5.11 Å². The highest BCUT2D eigenvalue weighted by Gasteiger charge is 2.43. The fraction of sp³-hybridized carbons (Fsp3) is 0.333. The summed E-state index contributed by atoms with van der Waals surface area (Å²) in [7, 11) is 1.51. The van der Waals surface area contributed by atoms with Gasteiger partial charge in [-0.3, -0.25) is 19.7 Å². The Morgan fingerprint density at radius 3 is 2.79 bits per heavy atom. The topological polar surface area (TPSA) is 101 Å². The zero-order valence-electron chi connectivity index (χ0n) is 10.1. The van der Waals surface area contributed by atoms with Crippen LogP contribution in [0.25, 0.3) is 0 Å². The van der Waals surface area contributed by atoms with Crippen molar-refractivity contribution in [3.05, 3.63) is 39.9 Å². The highest BCUT2D eigenvalue weighted by atomic mass is 16.6. The van der Waals surface area contributed by atoms with Crippen LogP contribution in [0.3, 0.4) is 0 Å². The molecule has 1 N–H and O–H groups in total. The molecule has 1 saturated heterocycles. The minimum atomic E-state index is -1.07. The Hall–Kier alpha value is -2.44. The summed E-state index contributed by atoms with van der Waals surface area (Å²) in [5.74, 6) is -2.22. The highest BCUT2D eigenvalue weighted by molar-refractivity contribution is 5.87. The van der Waals surface area contributed by atoms with Crippen molar-refractivity contribution in [1.29, 1.82) is 0 Å². The number of carbonyl (C=O) groups is 2. The number of likely N-dealkylation sites (tertiary alicyclic amines) is 1. The van der Waals surface area contributed by atoms with E-state index in [2.05, 4.69) is 0 Å². The van der Waals surface area contributed by atoms with Crippen LogP contribution in [0.15, 0.2) is 24.3 Å². The predicted molar refractivity (Wildman–Crippen MR) is 64.4 cm³/mol. The van der Waals surface area contributed by atoms with Crippen molar-refractivity contribution in [3.8, 4) is 0 Å². The van der Waals surface area contributed by atoms with Gasteiger partial charge in [0.2, 0.25) is 5.91 Å². The average molecular weight is 264 g/mol. The minimum absolute atomic E-state index is 0.0841. The van der Waals surface area contributed by atoms with E-state index in [9.17, 15) is 19.7 Å². The molecule has 0 bridgehead atoms. The van der Waals surface area contributed by atoms with E-state index in [0.29, 0.717) is 5.56 Å². The number of hydrogen-bond acceptors (Lipinski definition) is 4. The number of hydrogen-bond donors (Lipinski definition) is 1. The van der Waals surface area contributed by atoms with E-state index in [1.54, 1.807) is 6.07 Å². The molecule has 1 amide bonds. The van der Waals surface area contributed by atoms with Gasteiger partial charge in [0.25, 0.3) is 5.69 Å². The second-order valence-corrected chi connectivity index (χ2v) is 4.45. The maximum Gasteiger partial charge on any atom is 0.309 e. The van der Waals surface area contributed by atoms with Crippen LogP contribution in [-0.4, -0.2) is 33.9 Å². The maximum absolute atomic E-state index is 11.6. The number of nitro groups is 1. The number of nitrogens with zero attached hydrogens (tertiary/aromatic N) is 2. The SMILES string of the molecule is CN1C(=O)CC(C(=O)O)C1c1cccc([N+](=O)[O-])c1. The van der Waals surface area contributed by atoms with Crippen molar-refractivity contribution in [2.45, 2.75) is 12.5 Å². The van der Waals surface area contributed by atoms with Gasteiger partial charge in [0.05, 0.1) is 16.9 Å². The van der Waals surface area contributed by atoms with Gasteiger partial charge in [-0.1, -0.05) is 12.1 Å². The van der Waals surface area contributed by atoms with Gasteiger partial charge in [0.1, 0.15) is 0 Å². The summed E-state index contributed by atoms with van der Waals surface area (Å²) in [6, 6.07) is 5.07. The molecule has 1 aromatic rings. The molecule has 2 rings (SSSR count). The van der Waals surface area contributed by atoms with E-state index < -0.39 is 22.9 Å². The normalized spacial score (nSPS) is 22.6. The monoisotopic (exact) mass is 264 g/mol. The Balaban J connectivity index is 2.43. The highest BCUT2D eigenvalue weighted by Crippen LogP contribution is 2.37. The van der Waals surface area contributed by atoms with Gasteiger partial charge in [-0.05, 0) is 5.56 Å². The lowest BCUT2D eigenvalue weighted by atomic mass is 9.93. The van der Waals surface area contributed by atoms with E-state index in [1.807, 2.05) is 0 Å². The standard InChI is InChI=1S/C12H12N2O5/c1-13-10(15)6-9(12(16)17)11(13)7-3-2-4-8(5-7)14(18)19/h2-5,9,11H,6H2,1H3,(H,16,17). The van der Waals surface area contributed by atoms with Crippen LogP contribution in [-0.2, 0) is 9.59 Å². The van der Waals surface area contributed by atoms with Crippen molar-refractivity contribution in [2.75, 3.05) is 7.05 Å². The Bertz CT molecular complexity index is 557. The molecule has 7 heteroatoms. The van der Waals surface area contributed by atoms with Gasteiger partial charge in [-0.15, -0.1) is 0 Å². The number of amides is 1. The molecule has 1 aromatic carbocycles. The summed E-state index contributed by atoms with van der Waals surface area (Å²) in [4.78, 5) is 34.3. The molecule has 7 nitrogen and oxygen atoms in total. The summed E-state index contributed by atoms with van der Waals surface area (Å²) >= 11 is 0. The van der Waals surface area contributed by atoms with Crippen LogP contribution in [0.5, 0.6) is 0 Å².